The molecule has 0 aromatic heterocycles. The molecular weight excluding hydrogens is 240 g/mol. The van der Waals surface area contributed by atoms with Gasteiger partial charge in [-0.05, 0) is 25.7 Å². The summed E-state index contributed by atoms with van der Waals surface area (Å²) in [5.41, 5.74) is 0. The van der Waals surface area contributed by atoms with Gasteiger partial charge in [0.15, 0.2) is 0 Å². The maximum Gasteiger partial charge on any atom is 0.326 e. The molecule has 1 rings (SSSR count). The molecule has 0 aromatic carbocycles. The van der Waals surface area contributed by atoms with Gasteiger partial charge < -0.3 is 20.4 Å². The lowest BCUT2D eigenvalue weighted by atomic mass is 10.1. The van der Waals surface area contributed by atoms with E-state index in [0.29, 0.717) is 13.1 Å². The van der Waals surface area contributed by atoms with Crippen molar-refractivity contribution >= 4 is 18.0 Å². The number of aliphatic carboxylic acids is 2. The molecule has 1 aliphatic rings. The van der Waals surface area contributed by atoms with E-state index in [1.54, 1.807) is 4.90 Å². The third-order valence-electron chi connectivity index (χ3n) is 2.87. The van der Waals surface area contributed by atoms with Gasteiger partial charge in [0.1, 0.15) is 6.04 Å². The summed E-state index contributed by atoms with van der Waals surface area (Å²) in [5, 5.41) is 19.9. The van der Waals surface area contributed by atoms with E-state index < -0.39 is 18.0 Å². The topological polar surface area (TPSA) is 107 Å². The van der Waals surface area contributed by atoms with Crippen molar-refractivity contribution < 1.29 is 24.6 Å². The minimum absolute atomic E-state index is 0.0939. The Balaban J connectivity index is 2.39. The predicted molar refractivity (Wildman–Crippen MR) is 62.2 cm³/mol. The van der Waals surface area contributed by atoms with Crippen LogP contribution in [0, 0.1) is 0 Å². The molecular formula is C11H18N2O5. The highest BCUT2D eigenvalue weighted by atomic mass is 16.4. The quantitative estimate of drug-likeness (QED) is 0.643. The standard InChI is InChI=1S/C11H18N2O5/c14-9(15)5-3-4-8(10(16)17)12-11(18)13-6-1-2-7-13/h8H,1-7H2,(H,12,18)(H,14,15)(H,16,17)/t8-/m1/s1. The van der Waals surface area contributed by atoms with Gasteiger partial charge in [-0.2, -0.15) is 0 Å². The average Bonchev–Trinajstić information content (AvgIpc) is 2.80. The maximum absolute atomic E-state index is 11.7. The number of carbonyl (C=O) groups is 3. The first-order valence-corrected chi connectivity index (χ1v) is 6.00. The molecule has 1 atom stereocenters. The first kappa shape index (κ1) is 14.3. The molecule has 1 fully saturated rings. The van der Waals surface area contributed by atoms with Crippen molar-refractivity contribution in [3.05, 3.63) is 0 Å². The van der Waals surface area contributed by atoms with Gasteiger partial charge >= 0.3 is 18.0 Å². The Labute approximate surface area is 105 Å². The third kappa shape index (κ3) is 4.60. The Bertz CT molecular complexity index is 325. The number of hydrogen-bond donors (Lipinski definition) is 3. The molecule has 0 radical (unpaired) electrons. The second-order valence-corrected chi connectivity index (χ2v) is 4.32. The van der Waals surface area contributed by atoms with E-state index in [9.17, 15) is 14.4 Å². The van der Waals surface area contributed by atoms with Crippen LogP contribution in [0.25, 0.3) is 0 Å². The van der Waals surface area contributed by atoms with E-state index in [0.717, 1.165) is 12.8 Å². The Kier molecular flexibility index (Phi) is 5.41. The number of urea groups is 1. The Morgan fingerprint density at radius 3 is 2.28 bits per heavy atom. The van der Waals surface area contributed by atoms with Crippen LogP contribution in [0.4, 0.5) is 4.79 Å². The third-order valence-corrected chi connectivity index (χ3v) is 2.87. The molecule has 0 saturated carbocycles. The molecule has 2 amide bonds. The molecule has 18 heavy (non-hydrogen) atoms. The molecule has 0 aliphatic carbocycles. The van der Waals surface area contributed by atoms with Gasteiger partial charge in [0, 0.05) is 19.5 Å². The lowest BCUT2D eigenvalue weighted by molar-refractivity contribution is -0.140. The Morgan fingerprint density at radius 1 is 1.17 bits per heavy atom. The molecule has 102 valence electrons. The van der Waals surface area contributed by atoms with Crippen LogP contribution in [0.2, 0.25) is 0 Å². The van der Waals surface area contributed by atoms with Crippen molar-refractivity contribution in [1.82, 2.24) is 10.2 Å². The number of rotatable bonds is 6. The molecule has 7 nitrogen and oxygen atoms in total. The van der Waals surface area contributed by atoms with E-state index in [4.69, 9.17) is 10.2 Å². The SMILES string of the molecule is O=C(O)CCC[C@@H](NC(=O)N1CCCC1)C(=O)O. The molecule has 1 heterocycles. The molecule has 0 spiro atoms. The number of carbonyl (C=O) groups excluding carboxylic acids is 1. The summed E-state index contributed by atoms with van der Waals surface area (Å²) >= 11 is 0. The monoisotopic (exact) mass is 258 g/mol. The van der Waals surface area contributed by atoms with Crippen LogP contribution < -0.4 is 5.32 Å². The molecule has 1 saturated heterocycles. The number of nitrogens with one attached hydrogen (secondary N) is 1. The summed E-state index contributed by atoms with van der Waals surface area (Å²) in [6.07, 6.45) is 2.13. The lowest BCUT2D eigenvalue weighted by Gasteiger charge is -2.20. The van der Waals surface area contributed by atoms with E-state index >= 15 is 0 Å². The lowest BCUT2D eigenvalue weighted by Crippen LogP contribution is -2.47. The van der Waals surface area contributed by atoms with Crippen LogP contribution in [0.5, 0.6) is 0 Å². The van der Waals surface area contributed by atoms with Crippen molar-refractivity contribution in [3.8, 4) is 0 Å². The van der Waals surface area contributed by atoms with Gasteiger partial charge in [-0.1, -0.05) is 0 Å². The minimum atomic E-state index is -1.13. The van der Waals surface area contributed by atoms with Gasteiger partial charge in [0.2, 0.25) is 0 Å². The number of amides is 2. The fourth-order valence-corrected chi connectivity index (χ4v) is 1.88. The van der Waals surface area contributed by atoms with E-state index in [2.05, 4.69) is 5.32 Å². The molecule has 7 heteroatoms. The minimum Gasteiger partial charge on any atom is -0.481 e. The summed E-state index contributed by atoms with van der Waals surface area (Å²) in [5.74, 6) is -2.10. The maximum atomic E-state index is 11.7. The summed E-state index contributed by atoms with van der Waals surface area (Å²) in [7, 11) is 0. The van der Waals surface area contributed by atoms with Gasteiger partial charge in [-0.25, -0.2) is 9.59 Å². The molecule has 0 aromatic rings. The van der Waals surface area contributed by atoms with E-state index in [1.165, 1.54) is 0 Å². The summed E-state index contributed by atoms with van der Waals surface area (Å²) < 4.78 is 0. The van der Waals surface area contributed by atoms with Crippen molar-refractivity contribution in [2.75, 3.05) is 13.1 Å². The highest BCUT2D eigenvalue weighted by Gasteiger charge is 2.24. The van der Waals surface area contributed by atoms with Crippen molar-refractivity contribution in [2.24, 2.45) is 0 Å². The smallest absolute Gasteiger partial charge is 0.326 e. The Morgan fingerprint density at radius 2 is 1.78 bits per heavy atom. The molecule has 3 N–H and O–H groups in total. The van der Waals surface area contributed by atoms with Gasteiger partial charge in [0.05, 0.1) is 0 Å². The zero-order valence-corrected chi connectivity index (χ0v) is 10.1. The number of carboxylic acid groups (broad SMARTS) is 2. The first-order valence-electron chi connectivity index (χ1n) is 6.00. The van der Waals surface area contributed by atoms with Crippen molar-refractivity contribution in [2.45, 2.75) is 38.1 Å². The Hall–Kier alpha value is -1.79. The highest BCUT2D eigenvalue weighted by molar-refractivity contribution is 5.82. The van der Waals surface area contributed by atoms with Gasteiger partial charge in [-0.3, -0.25) is 4.79 Å². The fraction of sp³-hybridized carbons (Fsp3) is 0.727. The number of likely N-dealkylation sites (tertiary alicyclic amines) is 1. The van der Waals surface area contributed by atoms with Crippen LogP contribution in [-0.4, -0.2) is 52.2 Å². The summed E-state index contributed by atoms with van der Waals surface area (Å²) in [4.78, 5) is 34.6. The zero-order valence-electron chi connectivity index (χ0n) is 10.1. The zero-order chi connectivity index (χ0) is 13.5. The van der Waals surface area contributed by atoms with Crippen LogP contribution in [0.3, 0.4) is 0 Å². The average molecular weight is 258 g/mol. The normalized spacial score (nSPS) is 16.3. The molecule has 0 bridgehead atoms. The second-order valence-electron chi connectivity index (χ2n) is 4.32. The molecule has 1 aliphatic heterocycles. The second kappa shape index (κ2) is 6.83. The first-order chi connectivity index (χ1) is 8.50. The van der Waals surface area contributed by atoms with Crippen LogP contribution in [0.15, 0.2) is 0 Å². The largest absolute Gasteiger partial charge is 0.481 e. The number of carboxylic acids is 2. The van der Waals surface area contributed by atoms with Crippen molar-refractivity contribution in [1.29, 1.82) is 0 Å². The molecule has 0 unspecified atom stereocenters. The van der Waals surface area contributed by atoms with Crippen LogP contribution in [0.1, 0.15) is 32.1 Å². The van der Waals surface area contributed by atoms with Gasteiger partial charge in [-0.15, -0.1) is 0 Å². The van der Waals surface area contributed by atoms with Gasteiger partial charge in [0.25, 0.3) is 0 Å². The van der Waals surface area contributed by atoms with E-state index in [-0.39, 0.29) is 25.3 Å². The number of hydrogen-bond acceptors (Lipinski definition) is 3. The fourth-order valence-electron chi connectivity index (χ4n) is 1.88. The van der Waals surface area contributed by atoms with E-state index in [1.807, 2.05) is 0 Å². The van der Waals surface area contributed by atoms with Crippen LogP contribution >= 0.6 is 0 Å². The predicted octanol–water partition coefficient (Wildman–Crippen LogP) is 0.500. The summed E-state index contributed by atoms with van der Waals surface area (Å²) in [6.45, 7) is 1.29. The van der Waals surface area contributed by atoms with Crippen molar-refractivity contribution in [3.63, 3.8) is 0 Å². The summed E-state index contributed by atoms with van der Waals surface area (Å²) in [6, 6.07) is -1.40. The highest BCUT2D eigenvalue weighted by Crippen LogP contribution is 2.08. The van der Waals surface area contributed by atoms with Crippen LogP contribution in [-0.2, 0) is 9.59 Å². The number of nitrogens with zero attached hydrogens (tertiary/aromatic N) is 1.